The molecule has 0 atom stereocenters. The van der Waals surface area contributed by atoms with E-state index in [9.17, 15) is 14.0 Å². The number of nitrogens with zero attached hydrogens (tertiary/aromatic N) is 3. The molecular weight excluding hydrogens is 385 g/mol. The molecule has 0 saturated carbocycles. The van der Waals surface area contributed by atoms with Gasteiger partial charge in [-0.05, 0) is 48.5 Å². The summed E-state index contributed by atoms with van der Waals surface area (Å²) in [6.45, 7) is 0. The Morgan fingerprint density at radius 3 is 2.23 bits per heavy atom. The number of amides is 2. The highest BCUT2D eigenvalue weighted by atomic mass is 19.1. The van der Waals surface area contributed by atoms with Gasteiger partial charge < -0.3 is 0 Å². The first kappa shape index (κ1) is 19.0. The van der Waals surface area contributed by atoms with Gasteiger partial charge in [0.15, 0.2) is 0 Å². The fourth-order valence-electron chi connectivity index (χ4n) is 2.82. The number of aromatic nitrogens is 3. The molecule has 0 spiro atoms. The van der Waals surface area contributed by atoms with E-state index < -0.39 is 17.6 Å². The molecule has 0 aliphatic carbocycles. The van der Waals surface area contributed by atoms with E-state index in [4.69, 9.17) is 0 Å². The molecule has 2 heterocycles. The maximum atomic E-state index is 13.3. The highest BCUT2D eigenvalue weighted by Crippen LogP contribution is 2.24. The van der Waals surface area contributed by atoms with Crippen molar-refractivity contribution in [3.8, 4) is 16.9 Å². The minimum Gasteiger partial charge on any atom is -0.267 e. The monoisotopic (exact) mass is 401 g/mol. The summed E-state index contributed by atoms with van der Waals surface area (Å²) in [6, 6.07) is 19.8. The van der Waals surface area contributed by atoms with Crippen molar-refractivity contribution in [2.24, 2.45) is 0 Å². The van der Waals surface area contributed by atoms with Crippen LogP contribution < -0.4 is 10.9 Å². The van der Waals surface area contributed by atoms with Gasteiger partial charge in [0, 0.05) is 18.0 Å². The Morgan fingerprint density at radius 2 is 1.53 bits per heavy atom. The first-order valence-electron chi connectivity index (χ1n) is 9.04. The Labute approximate surface area is 171 Å². The molecule has 148 valence electrons. The second kappa shape index (κ2) is 8.36. The zero-order valence-electron chi connectivity index (χ0n) is 15.6. The molecule has 4 aromatic rings. The molecular formula is C22H16FN5O2. The van der Waals surface area contributed by atoms with E-state index >= 15 is 0 Å². The van der Waals surface area contributed by atoms with Gasteiger partial charge >= 0.3 is 0 Å². The average Bonchev–Trinajstić information content (AvgIpc) is 3.24. The third kappa shape index (κ3) is 4.07. The summed E-state index contributed by atoms with van der Waals surface area (Å²) >= 11 is 0. The van der Waals surface area contributed by atoms with Crippen molar-refractivity contribution in [2.75, 3.05) is 0 Å². The molecule has 2 aromatic heterocycles. The molecule has 2 aromatic carbocycles. The highest BCUT2D eigenvalue weighted by Gasteiger charge is 2.19. The molecule has 30 heavy (non-hydrogen) atoms. The third-order valence-corrected chi connectivity index (χ3v) is 4.28. The number of hydrogen-bond acceptors (Lipinski definition) is 4. The van der Waals surface area contributed by atoms with Gasteiger partial charge in [0.2, 0.25) is 0 Å². The highest BCUT2D eigenvalue weighted by molar-refractivity contribution is 6.02. The summed E-state index contributed by atoms with van der Waals surface area (Å²) in [4.78, 5) is 28.9. The second-order valence-corrected chi connectivity index (χ2v) is 6.30. The first-order valence-corrected chi connectivity index (χ1v) is 9.04. The van der Waals surface area contributed by atoms with Crippen molar-refractivity contribution < 1.29 is 14.0 Å². The van der Waals surface area contributed by atoms with E-state index in [0.29, 0.717) is 11.3 Å². The van der Waals surface area contributed by atoms with E-state index in [-0.39, 0.29) is 11.3 Å². The number of hydrazine groups is 1. The smallest absolute Gasteiger partial charge is 0.267 e. The molecule has 0 saturated heterocycles. The van der Waals surface area contributed by atoms with Crippen LogP contribution in [0, 0.1) is 5.82 Å². The van der Waals surface area contributed by atoms with Gasteiger partial charge in [-0.15, -0.1) is 0 Å². The lowest BCUT2D eigenvalue weighted by Crippen LogP contribution is -2.42. The number of pyridine rings is 1. The fraction of sp³-hybridized carbons (Fsp3) is 0. The number of para-hydroxylation sites is 1. The van der Waals surface area contributed by atoms with Gasteiger partial charge in [0.25, 0.3) is 11.8 Å². The maximum Gasteiger partial charge on any atom is 0.288 e. The van der Waals surface area contributed by atoms with Crippen molar-refractivity contribution in [3.63, 3.8) is 0 Å². The molecule has 0 aliphatic heterocycles. The lowest BCUT2D eigenvalue weighted by Gasteiger charge is -2.07. The number of carbonyl (C=O) groups excluding carboxylic acids is 2. The molecule has 7 nitrogen and oxygen atoms in total. The van der Waals surface area contributed by atoms with Gasteiger partial charge in [-0.25, -0.2) is 9.07 Å². The summed E-state index contributed by atoms with van der Waals surface area (Å²) in [5, 5.41) is 4.50. The summed E-state index contributed by atoms with van der Waals surface area (Å²) in [7, 11) is 0. The van der Waals surface area contributed by atoms with Crippen molar-refractivity contribution in [1.82, 2.24) is 25.6 Å². The SMILES string of the molecule is O=C(NNC(=O)c1cn(-c2ccccc2)nc1-c1ccc(F)cc1)c1ccccn1. The predicted octanol–water partition coefficient (Wildman–Crippen LogP) is 3.15. The van der Waals surface area contributed by atoms with Crippen molar-refractivity contribution in [1.29, 1.82) is 0 Å². The number of rotatable bonds is 4. The molecule has 0 fully saturated rings. The van der Waals surface area contributed by atoms with Crippen molar-refractivity contribution in [2.45, 2.75) is 0 Å². The fourth-order valence-corrected chi connectivity index (χ4v) is 2.82. The van der Waals surface area contributed by atoms with Crippen molar-refractivity contribution >= 4 is 11.8 Å². The van der Waals surface area contributed by atoms with E-state index in [1.165, 1.54) is 36.5 Å². The lowest BCUT2D eigenvalue weighted by molar-refractivity contribution is 0.0844. The van der Waals surface area contributed by atoms with E-state index in [2.05, 4.69) is 20.9 Å². The molecule has 2 amide bonds. The normalized spacial score (nSPS) is 10.4. The molecule has 0 bridgehead atoms. The molecule has 0 unspecified atom stereocenters. The van der Waals surface area contributed by atoms with E-state index in [0.717, 1.165) is 5.69 Å². The molecule has 2 N–H and O–H groups in total. The van der Waals surface area contributed by atoms with Crippen LogP contribution in [0.2, 0.25) is 0 Å². The summed E-state index contributed by atoms with van der Waals surface area (Å²) in [6.07, 6.45) is 3.03. The molecule has 4 rings (SSSR count). The Balaban J connectivity index is 1.63. The van der Waals surface area contributed by atoms with E-state index in [1.807, 2.05) is 30.3 Å². The summed E-state index contributed by atoms with van der Waals surface area (Å²) in [5.41, 5.74) is 6.75. The zero-order valence-corrected chi connectivity index (χ0v) is 15.6. The number of carbonyl (C=O) groups is 2. The zero-order chi connectivity index (χ0) is 20.9. The quantitative estimate of drug-likeness (QED) is 0.514. The topological polar surface area (TPSA) is 88.9 Å². The van der Waals surface area contributed by atoms with Gasteiger partial charge in [-0.1, -0.05) is 24.3 Å². The first-order chi connectivity index (χ1) is 14.6. The Bertz CT molecular complexity index is 1180. The van der Waals surface area contributed by atoms with Crippen LogP contribution in [-0.4, -0.2) is 26.6 Å². The van der Waals surface area contributed by atoms with Crippen LogP contribution in [-0.2, 0) is 0 Å². The number of benzene rings is 2. The van der Waals surface area contributed by atoms with Crippen LogP contribution in [0.1, 0.15) is 20.8 Å². The second-order valence-electron chi connectivity index (χ2n) is 6.30. The Hall–Kier alpha value is -4.33. The van der Waals surface area contributed by atoms with Gasteiger partial charge in [0.05, 0.1) is 11.3 Å². The summed E-state index contributed by atoms with van der Waals surface area (Å²) < 4.78 is 14.9. The van der Waals surface area contributed by atoms with Gasteiger partial charge in [-0.3, -0.25) is 25.4 Å². The average molecular weight is 401 g/mol. The van der Waals surface area contributed by atoms with Crippen LogP contribution >= 0.6 is 0 Å². The van der Waals surface area contributed by atoms with Crippen LogP contribution in [0.15, 0.2) is 85.2 Å². The van der Waals surface area contributed by atoms with Crippen LogP contribution in [0.4, 0.5) is 4.39 Å². The standard InChI is InChI=1S/C22H16FN5O2/c23-16-11-9-15(10-12-16)20-18(14-28(27-20)17-6-2-1-3-7-17)21(29)25-26-22(30)19-8-4-5-13-24-19/h1-14H,(H,25,29)(H,26,30). The summed E-state index contributed by atoms with van der Waals surface area (Å²) in [5.74, 6) is -1.52. The van der Waals surface area contributed by atoms with E-state index in [1.54, 1.807) is 23.0 Å². The third-order valence-electron chi connectivity index (χ3n) is 4.28. The van der Waals surface area contributed by atoms with Crippen LogP contribution in [0.5, 0.6) is 0 Å². The number of hydrogen-bond donors (Lipinski definition) is 2. The molecule has 0 aliphatic rings. The lowest BCUT2D eigenvalue weighted by atomic mass is 10.1. The number of nitrogens with one attached hydrogen (secondary N) is 2. The molecule has 0 radical (unpaired) electrons. The van der Waals surface area contributed by atoms with Crippen molar-refractivity contribution in [3.05, 3.63) is 102 Å². The minimum atomic E-state index is -0.569. The Morgan fingerprint density at radius 1 is 0.833 bits per heavy atom. The molecule has 8 heteroatoms. The van der Waals surface area contributed by atoms with Crippen LogP contribution in [0.3, 0.4) is 0 Å². The van der Waals surface area contributed by atoms with Gasteiger partial charge in [-0.2, -0.15) is 5.10 Å². The Kier molecular flexibility index (Phi) is 5.29. The predicted molar refractivity (Wildman–Crippen MR) is 108 cm³/mol. The minimum absolute atomic E-state index is 0.163. The largest absolute Gasteiger partial charge is 0.288 e. The van der Waals surface area contributed by atoms with Crippen LogP contribution in [0.25, 0.3) is 16.9 Å². The number of halogens is 1. The maximum absolute atomic E-state index is 13.3. The van der Waals surface area contributed by atoms with Gasteiger partial charge in [0.1, 0.15) is 17.2 Å².